The molecular weight excluding hydrogens is 360 g/mol. The van der Waals surface area contributed by atoms with Crippen LogP contribution in [-0.4, -0.2) is 20.4 Å². The first-order valence-corrected chi connectivity index (χ1v) is 10.3. The van der Waals surface area contributed by atoms with E-state index in [2.05, 4.69) is 21.8 Å². The van der Waals surface area contributed by atoms with Crippen LogP contribution in [0.1, 0.15) is 49.4 Å². The lowest BCUT2D eigenvalue weighted by molar-refractivity contribution is 0.416. The number of hydrogen-bond acceptors (Lipinski definition) is 3. The van der Waals surface area contributed by atoms with Crippen molar-refractivity contribution >= 4 is 28.0 Å². The van der Waals surface area contributed by atoms with E-state index in [1.807, 2.05) is 49.6 Å². The number of para-hydroxylation sites is 2. The molecule has 0 bridgehead atoms. The summed E-state index contributed by atoms with van der Waals surface area (Å²) in [5.74, 6) is 1.08. The average molecular weight is 384 g/mol. The maximum absolute atomic E-state index is 13.3. The van der Waals surface area contributed by atoms with Crippen LogP contribution < -0.4 is 5.56 Å². The van der Waals surface area contributed by atoms with Crippen LogP contribution in [0.5, 0.6) is 0 Å². The Morgan fingerprint density at radius 3 is 2.55 bits per heavy atom. The van der Waals surface area contributed by atoms with Crippen LogP contribution in [0.4, 0.5) is 0 Å². The summed E-state index contributed by atoms with van der Waals surface area (Å²) < 4.78 is 3.63. The highest BCUT2D eigenvalue weighted by atomic mass is 16.1. The molecule has 0 atom stereocenters. The van der Waals surface area contributed by atoms with Crippen LogP contribution in [0, 0.1) is 0 Å². The van der Waals surface area contributed by atoms with Gasteiger partial charge in [0.25, 0.3) is 5.56 Å². The zero-order chi connectivity index (χ0) is 19.8. The smallest absolute Gasteiger partial charge is 0.282 e. The summed E-state index contributed by atoms with van der Waals surface area (Å²) in [5, 5.41) is 6.41. The molecule has 4 aromatic rings. The van der Waals surface area contributed by atoms with Crippen molar-refractivity contribution in [3.05, 3.63) is 76.5 Å². The highest BCUT2D eigenvalue weighted by Crippen LogP contribution is 2.31. The molecule has 0 N–H and O–H groups in total. The molecule has 5 nitrogen and oxygen atoms in total. The molecule has 5 heteroatoms. The predicted molar refractivity (Wildman–Crippen MR) is 118 cm³/mol. The van der Waals surface area contributed by atoms with Crippen molar-refractivity contribution in [1.82, 2.24) is 14.2 Å². The van der Waals surface area contributed by atoms with Crippen LogP contribution in [-0.2, 0) is 7.05 Å². The van der Waals surface area contributed by atoms with E-state index in [1.54, 1.807) is 10.9 Å². The summed E-state index contributed by atoms with van der Waals surface area (Å²) in [6, 6.07) is 15.8. The minimum Gasteiger partial charge on any atom is -0.350 e. The van der Waals surface area contributed by atoms with E-state index in [1.165, 1.54) is 19.3 Å². The summed E-state index contributed by atoms with van der Waals surface area (Å²) in [5.41, 5.74) is 2.81. The maximum Gasteiger partial charge on any atom is 0.282 e. The molecule has 146 valence electrons. The van der Waals surface area contributed by atoms with E-state index in [0.717, 1.165) is 40.6 Å². The lowest BCUT2D eigenvalue weighted by atomic mass is 9.88. The molecule has 1 aliphatic carbocycles. The Balaban J connectivity index is 1.67. The molecule has 0 amide bonds. The summed E-state index contributed by atoms with van der Waals surface area (Å²) in [6.45, 7) is 0. The third-order valence-corrected chi connectivity index (χ3v) is 5.99. The number of rotatable bonds is 3. The van der Waals surface area contributed by atoms with Crippen LogP contribution in [0.15, 0.2) is 64.6 Å². The zero-order valence-electron chi connectivity index (χ0n) is 16.6. The Morgan fingerprint density at radius 2 is 1.72 bits per heavy atom. The molecule has 2 aromatic heterocycles. The van der Waals surface area contributed by atoms with E-state index >= 15 is 0 Å². The van der Waals surface area contributed by atoms with Crippen molar-refractivity contribution in [2.24, 2.45) is 12.1 Å². The van der Waals surface area contributed by atoms with Gasteiger partial charge in [-0.2, -0.15) is 9.78 Å². The number of aromatic nitrogens is 3. The molecule has 0 saturated heterocycles. The number of benzene rings is 2. The second-order valence-corrected chi connectivity index (χ2v) is 7.90. The van der Waals surface area contributed by atoms with Gasteiger partial charge in [0.05, 0.1) is 17.1 Å². The van der Waals surface area contributed by atoms with E-state index in [0.29, 0.717) is 5.39 Å². The Hall–Kier alpha value is -3.21. The standard InChI is InChI=1S/C24H24N4O/c1-27-16-18(19-11-6-8-14-22(19)27)15-25-28-23(17-9-3-2-4-10-17)26-21-13-7-5-12-20(21)24(28)29/h5-8,11-17H,2-4,9-10H2,1H3. The summed E-state index contributed by atoms with van der Waals surface area (Å²) in [7, 11) is 2.02. The van der Waals surface area contributed by atoms with E-state index in [-0.39, 0.29) is 11.5 Å². The molecule has 1 fully saturated rings. The van der Waals surface area contributed by atoms with Crippen LogP contribution in [0.3, 0.4) is 0 Å². The van der Waals surface area contributed by atoms with Crippen molar-refractivity contribution in [2.45, 2.75) is 38.0 Å². The lowest BCUT2D eigenvalue weighted by Crippen LogP contribution is -2.25. The van der Waals surface area contributed by atoms with E-state index in [9.17, 15) is 4.79 Å². The predicted octanol–water partition coefficient (Wildman–Crippen LogP) is 4.82. The number of nitrogens with zero attached hydrogens (tertiary/aromatic N) is 4. The second-order valence-electron chi connectivity index (χ2n) is 7.90. The quantitative estimate of drug-likeness (QED) is 0.476. The summed E-state index contributed by atoms with van der Waals surface area (Å²) >= 11 is 0. The van der Waals surface area contributed by atoms with Gasteiger partial charge < -0.3 is 4.57 Å². The Labute approximate surface area is 169 Å². The minimum absolute atomic E-state index is 0.0901. The SMILES string of the molecule is Cn1cc(C=Nn2c(C3CCCCC3)nc3ccccc3c2=O)c2ccccc21. The van der Waals surface area contributed by atoms with Crippen LogP contribution in [0.2, 0.25) is 0 Å². The summed E-state index contributed by atoms with van der Waals surface area (Å²) in [4.78, 5) is 18.2. The highest BCUT2D eigenvalue weighted by Gasteiger charge is 2.22. The van der Waals surface area contributed by atoms with Gasteiger partial charge in [0.15, 0.2) is 0 Å². The fraction of sp³-hybridized carbons (Fsp3) is 0.292. The van der Waals surface area contributed by atoms with Crippen molar-refractivity contribution in [3.8, 4) is 0 Å². The van der Waals surface area contributed by atoms with Gasteiger partial charge in [0, 0.05) is 35.6 Å². The number of hydrogen-bond donors (Lipinski definition) is 0. The molecule has 0 radical (unpaired) electrons. The van der Waals surface area contributed by atoms with Gasteiger partial charge in [-0.15, -0.1) is 0 Å². The molecular formula is C24H24N4O. The number of fused-ring (bicyclic) bond motifs is 2. The first-order chi connectivity index (χ1) is 14.2. The fourth-order valence-electron chi connectivity index (χ4n) is 4.47. The topological polar surface area (TPSA) is 52.2 Å². The minimum atomic E-state index is -0.0901. The second kappa shape index (κ2) is 7.32. The number of aryl methyl sites for hydroxylation is 1. The molecule has 1 aliphatic rings. The van der Waals surface area contributed by atoms with Crippen molar-refractivity contribution < 1.29 is 0 Å². The van der Waals surface area contributed by atoms with E-state index in [4.69, 9.17) is 4.98 Å². The van der Waals surface area contributed by atoms with E-state index < -0.39 is 0 Å². The monoisotopic (exact) mass is 384 g/mol. The van der Waals surface area contributed by atoms with Gasteiger partial charge in [-0.1, -0.05) is 49.6 Å². The first-order valence-electron chi connectivity index (χ1n) is 10.3. The first kappa shape index (κ1) is 17.9. The van der Waals surface area contributed by atoms with Gasteiger partial charge in [0.1, 0.15) is 5.82 Å². The third-order valence-electron chi connectivity index (χ3n) is 5.99. The fourth-order valence-corrected chi connectivity index (χ4v) is 4.47. The van der Waals surface area contributed by atoms with Gasteiger partial charge in [-0.3, -0.25) is 4.79 Å². The van der Waals surface area contributed by atoms with Gasteiger partial charge in [-0.05, 0) is 31.0 Å². The van der Waals surface area contributed by atoms with Crippen molar-refractivity contribution in [3.63, 3.8) is 0 Å². The van der Waals surface area contributed by atoms with Gasteiger partial charge in [0.2, 0.25) is 0 Å². The van der Waals surface area contributed by atoms with Gasteiger partial charge >= 0.3 is 0 Å². The lowest BCUT2D eigenvalue weighted by Gasteiger charge is -2.22. The molecule has 1 saturated carbocycles. The third kappa shape index (κ3) is 3.16. The van der Waals surface area contributed by atoms with Crippen LogP contribution in [0.25, 0.3) is 21.8 Å². The maximum atomic E-state index is 13.3. The molecule has 2 aromatic carbocycles. The Bertz CT molecular complexity index is 1280. The average Bonchev–Trinajstić information content (AvgIpc) is 3.09. The molecule has 5 rings (SSSR count). The zero-order valence-corrected chi connectivity index (χ0v) is 16.6. The van der Waals surface area contributed by atoms with Gasteiger partial charge in [-0.25, -0.2) is 4.98 Å². The molecule has 2 heterocycles. The normalized spacial score (nSPS) is 15.6. The molecule has 0 unspecified atom stereocenters. The molecule has 0 spiro atoms. The largest absolute Gasteiger partial charge is 0.350 e. The van der Waals surface area contributed by atoms with Crippen molar-refractivity contribution in [2.75, 3.05) is 0 Å². The molecule has 29 heavy (non-hydrogen) atoms. The Kier molecular flexibility index (Phi) is 4.51. The highest BCUT2D eigenvalue weighted by molar-refractivity contribution is 5.99. The molecule has 0 aliphatic heterocycles. The summed E-state index contributed by atoms with van der Waals surface area (Å²) in [6.07, 6.45) is 9.60. The van der Waals surface area contributed by atoms with Crippen LogP contribution >= 0.6 is 0 Å². The van der Waals surface area contributed by atoms with Crippen molar-refractivity contribution in [1.29, 1.82) is 0 Å². The Morgan fingerprint density at radius 1 is 1.00 bits per heavy atom.